The average Bonchev–Trinajstić information content (AvgIpc) is 3.12. The van der Waals surface area contributed by atoms with E-state index in [1.54, 1.807) is 42.8 Å². The number of thiophene rings is 1. The Balaban J connectivity index is 1.89. The molecule has 0 atom stereocenters. The molecule has 7 nitrogen and oxygen atoms in total. The molecule has 2 aromatic heterocycles. The Kier molecular flexibility index (Phi) is 4.62. The quantitative estimate of drug-likeness (QED) is 0.666. The molecule has 0 fully saturated rings. The standard InChI is InChI=1S/C17H15N3O4S/c1-19(13-6-4-3-5-11(13)17(23)24-2)14(21)9-20-10-18-12-7-8-25-15(12)16(20)22/h3-8,10H,9H2,1-2H3. The predicted molar refractivity (Wildman–Crippen MR) is 95.1 cm³/mol. The van der Waals surface area contributed by atoms with Gasteiger partial charge in [-0.1, -0.05) is 12.1 Å². The van der Waals surface area contributed by atoms with Crippen molar-refractivity contribution in [1.29, 1.82) is 0 Å². The van der Waals surface area contributed by atoms with Crippen LogP contribution in [0.1, 0.15) is 10.4 Å². The van der Waals surface area contributed by atoms with Gasteiger partial charge < -0.3 is 9.64 Å². The largest absolute Gasteiger partial charge is 0.465 e. The molecule has 0 aliphatic carbocycles. The van der Waals surface area contributed by atoms with E-state index < -0.39 is 5.97 Å². The molecule has 2 heterocycles. The fourth-order valence-electron chi connectivity index (χ4n) is 2.43. The molecule has 0 aliphatic rings. The molecule has 0 bridgehead atoms. The number of anilines is 1. The molecule has 128 valence electrons. The van der Waals surface area contributed by atoms with Crippen LogP contribution in [0, 0.1) is 0 Å². The maximum Gasteiger partial charge on any atom is 0.339 e. The summed E-state index contributed by atoms with van der Waals surface area (Å²) in [5.74, 6) is -0.884. The van der Waals surface area contributed by atoms with Crippen molar-refractivity contribution in [3.8, 4) is 0 Å². The van der Waals surface area contributed by atoms with Crippen molar-refractivity contribution >= 4 is 39.1 Å². The van der Waals surface area contributed by atoms with Gasteiger partial charge in [0.05, 0.1) is 30.2 Å². The highest BCUT2D eigenvalue weighted by Gasteiger charge is 2.19. The molecule has 25 heavy (non-hydrogen) atoms. The Morgan fingerprint density at radius 3 is 2.80 bits per heavy atom. The predicted octanol–water partition coefficient (Wildman–Crippen LogP) is 1.91. The van der Waals surface area contributed by atoms with Gasteiger partial charge in [0.15, 0.2) is 0 Å². The molecule has 1 amide bonds. The van der Waals surface area contributed by atoms with Gasteiger partial charge in [0.2, 0.25) is 5.91 Å². The zero-order valence-corrected chi connectivity index (χ0v) is 14.4. The second-order valence-corrected chi connectivity index (χ2v) is 6.19. The van der Waals surface area contributed by atoms with Crippen molar-refractivity contribution in [2.24, 2.45) is 0 Å². The van der Waals surface area contributed by atoms with Crippen LogP contribution in [0.3, 0.4) is 0 Å². The van der Waals surface area contributed by atoms with Crippen LogP contribution in [-0.4, -0.2) is 35.6 Å². The van der Waals surface area contributed by atoms with Crippen LogP contribution in [0.15, 0.2) is 46.8 Å². The fraction of sp³-hybridized carbons (Fsp3) is 0.176. The first-order chi connectivity index (χ1) is 12.0. The van der Waals surface area contributed by atoms with Crippen LogP contribution in [0.4, 0.5) is 5.69 Å². The normalized spacial score (nSPS) is 10.6. The number of ether oxygens (including phenoxy) is 1. The second-order valence-electron chi connectivity index (χ2n) is 5.27. The van der Waals surface area contributed by atoms with Crippen molar-refractivity contribution in [1.82, 2.24) is 9.55 Å². The molecule has 0 unspecified atom stereocenters. The number of nitrogens with zero attached hydrogens (tertiary/aromatic N) is 3. The summed E-state index contributed by atoms with van der Waals surface area (Å²) in [5, 5.41) is 1.78. The van der Waals surface area contributed by atoms with Crippen LogP contribution in [0.5, 0.6) is 0 Å². The maximum absolute atomic E-state index is 12.6. The first kappa shape index (κ1) is 16.8. The molecule has 0 radical (unpaired) electrons. The first-order valence-corrected chi connectivity index (χ1v) is 8.27. The van der Waals surface area contributed by atoms with Gasteiger partial charge in [-0.05, 0) is 23.6 Å². The number of amides is 1. The zero-order chi connectivity index (χ0) is 18.0. The number of carbonyl (C=O) groups excluding carboxylic acids is 2. The van der Waals surface area contributed by atoms with Crippen LogP contribution >= 0.6 is 11.3 Å². The first-order valence-electron chi connectivity index (χ1n) is 7.39. The van der Waals surface area contributed by atoms with Gasteiger partial charge in [-0.2, -0.15) is 0 Å². The lowest BCUT2D eigenvalue weighted by Gasteiger charge is -2.20. The van der Waals surface area contributed by atoms with E-state index in [-0.39, 0.29) is 23.6 Å². The monoisotopic (exact) mass is 357 g/mol. The lowest BCUT2D eigenvalue weighted by Crippen LogP contribution is -2.34. The van der Waals surface area contributed by atoms with Crippen molar-refractivity contribution in [2.45, 2.75) is 6.54 Å². The number of esters is 1. The van der Waals surface area contributed by atoms with E-state index in [9.17, 15) is 14.4 Å². The number of aromatic nitrogens is 2. The number of likely N-dealkylation sites (N-methyl/N-ethyl adjacent to an activating group) is 1. The minimum Gasteiger partial charge on any atom is -0.465 e. The van der Waals surface area contributed by atoms with E-state index in [4.69, 9.17) is 4.74 Å². The molecule has 0 N–H and O–H groups in total. The van der Waals surface area contributed by atoms with Crippen LogP contribution < -0.4 is 10.5 Å². The van der Waals surface area contributed by atoms with Gasteiger partial charge in [0.25, 0.3) is 5.56 Å². The van der Waals surface area contributed by atoms with E-state index in [0.29, 0.717) is 15.9 Å². The van der Waals surface area contributed by atoms with Crippen LogP contribution in [0.2, 0.25) is 0 Å². The number of hydrogen-bond donors (Lipinski definition) is 0. The zero-order valence-electron chi connectivity index (χ0n) is 13.6. The van der Waals surface area contributed by atoms with Crippen LogP contribution in [-0.2, 0) is 16.1 Å². The number of benzene rings is 1. The number of para-hydroxylation sites is 1. The Morgan fingerprint density at radius 2 is 2.04 bits per heavy atom. The molecule has 0 saturated carbocycles. The highest BCUT2D eigenvalue weighted by molar-refractivity contribution is 7.17. The third-order valence-electron chi connectivity index (χ3n) is 3.79. The molecule has 8 heteroatoms. The van der Waals surface area contributed by atoms with Gasteiger partial charge in [0, 0.05) is 7.05 Å². The average molecular weight is 357 g/mol. The lowest BCUT2D eigenvalue weighted by atomic mass is 10.1. The molecule has 0 aliphatic heterocycles. The number of rotatable bonds is 4. The van der Waals surface area contributed by atoms with E-state index in [1.807, 2.05) is 0 Å². The fourth-order valence-corrected chi connectivity index (χ4v) is 3.22. The summed E-state index contributed by atoms with van der Waals surface area (Å²) >= 11 is 1.29. The van der Waals surface area contributed by atoms with Crippen molar-refractivity contribution < 1.29 is 14.3 Å². The third kappa shape index (κ3) is 3.16. The molecular formula is C17H15N3O4S. The highest BCUT2D eigenvalue weighted by atomic mass is 32.1. The molecular weight excluding hydrogens is 342 g/mol. The summed E-state index contributed by atoms with van der Waals surface area (Å²) in [7, 11) is 2.83. The summed E-state index contributed by atoms with van der Waals surface area (Å²) in [6, 6.07) is 8.39. The van der Waals surface area contributed by atoms with Gasteiger partial charge in [-0.25, -0.2) is 9.78 Å². The van der Waals surface area contributed by atoms with Crippen molar-refractivity contribution in [3.05, 3.63) is 58.0 Å². The molecule has 0 spiro atoms. The Labute approximate surface area is 147 Å². The topological polar surface area (TPSA) is 81.5 Å². The summed E-state index contributed by atoms with van der Waals surface area (Å²) in [6.45, 7) is -0.175. The molecule has 0 saturated heterocycles. The third-order valence-corrected chi connectivity index (χ3v) is 4.68. The number of methoxy groups -OCH3 is 1. The number of carbonyl (C=O) groups is 2. The van der Waals surface area contributed by atoms with Gasteiger partial charge in [0.1, 0.15) is 11.2 Å². The second kappa shape index (κ2) is 6.86. The smallest absolute Gasteiger partial charge is 0.339 e. The lowest BCUT2D eigenvalue weighted by molar-refractivity contribution is -0.118. The molecule has 3 aromatic rings. The van der Waals surface area contributed by atoms with E-state index in [1.165, 1.54) is 34.2 Å². The van der Waals surface area contributed by atoms with Crippen LogP contribution in [0.25, 0.3) is 10.2 Å². The number of hydrogen-bond acceptors (Lipinski definition) is 6. The van der Waals surface area contributed by atoms with Crippen molar-refractivity contribution in [3.63, 3.8) is 0 Å². The van der Waals surface area contributed by atoms with E-state index in [0.717, 1.165) is 0 Å². The summed E-state index contributed by atoms with van der Waals surface area (Å²) in [6.07, 6.45) is 1.36. The number of fused-ring (bicyclic) bond motifs is 1. The minimum atomic E-state index is -0.533. The Bertz CT molecular complexity index is 1010. The summed E-state index contributed by atoms with van der Waals surface area (Å²) < 4.78 is 6.51. The maximum atomic E-state index is 12.6. The summed E-state index contributed by atoms with van der Waals surface area (Å²) in [4.78, 5) is 42.4. The van der Waals surface area contributed by atoms with Crippen molar-refractivity contribution in [2.75, 3.05) is 19.1 Å². The summed E-state index contributed by atoms with van der Waals surface area (Å²) in [5.41, 5.74) is 1.05. The Hall–Kier alpha value is -3.00. The van der Waals surface area contributed by atoms with Gasteiger partial charge in [-0.3, -0.25) is 14.2 Å². The highest BCUT2D eigenvalue weighted by Crippen LogP contribution is 2.20. The van der Waals surface area contributed by atoms with E-state index >= 15 is 0 Å². The van der Waals surface area contributed by atoms with Gasteiger partial charge >= 0.3 is 5.97 Å². The molecule has 1 aromatic carbocycles. The van der Waals surface area contributed by atoms with E-state index in [2.05, 4.69) is 4.98 Å². The molecule has 3 rings (SSSR count). The SMILES string of the molecule is COC(=O)c1ccccc1N(C)C(=O)Cn1cnc2ccsc2c1=O. The Morgan fingerprint density at radius 1 is 1.28 bits per heavy atom. The van der Waals surface area contributed by atoms with Gasteiger partial charge in [-0.15, -0.1) is 11.3 Å². The minimum absolute atomic E-state index is 0.175.